The summed E-state index contributed by atoms with van der Waals surface area (Å²) in [6.07, 6.45) is 3.30. The maximum Gasteiger partial charge on any atom is 0.222 e. The van der Waals surface area contributed by atoms with Gasteiger partial charge in [-0.05, 0) is 42.6 Å². The third kappa shape index (κ3) is 3.68. The van der Waals surface area contributed by atoms with Crippen molar-refractivity contribution in [2.24, 2.45) is 5.18 Å². The standard InChI is InChI=1S/C22H26N2O3/c1-4-5-8-13-27-18-10-7-6-9-17(18)14-24-21-16(3)12-11-15(2)19(21)20(23-26)22(24)25/h6-7,9-12,25H,4-5,8,13-14H2,1-3H3. The second-order valence-corrected chi connectivity index (χ2v) is 6.94. The summed E-state index contributed by atoms with van der Waals surface area (Å²) in [4.78, 5) is 11.4. The lowest BCUT2D eigenvalue weighted by molar-refractivity contribution is 0.302. The number of aromatic hydroxyl groups is 1. The highest BCUT2D eigenvalue weighted by Gasteiger charge is 2.21. The van der Waals surface area contributed by atoms with Crippen LogP contribution >= 0.6 is 0 Å². The summed E-state index contributed by atoms with van der Waals surface area (Å²) in [7, 11) is 0. The third-order valence-corrected chi connectivity index (χ3v) is 4.96. The quantitative estimate of drug-likeness (QED) is 0.394. The summed E-state index contributed by atoms with van der Waals surface area (Å²) >= 11 is 0. The highest BCUT2D eigenvalue weighted by molar-refractivity contribution is 5.99. The van der Waals surface area contributed by atoms with E-state index in [0.29, 0.717) is 18.5 Å². The zero-order valence-corrected chi connectivity index (χ0v) is 16.2. The average Bonchev–Trinajstić information content (AvgIpc) is 2.96. The van der Waals surface area contributed by atoms with Crippen molar-refractivity contribution in [3.63, 3.8) is 0 Å². The Morgan fingerprint density at radius 1 is 1.07 bits per heavy atom. The molecule has 3 rings (SSSR count). The van der Waals surface area contributed by atoms with Gasteiger partial charge >= 0.3 is 0 Å². The molecule has 27 heavy (non-hydrogen) atoms. The Bertz CT molecular complexity index is 960. The van der Waals surface area contributed by atoms with Crippen LogP contribution in [-0.4, -0.2) is 16.3 Å². The number of hydrogen-bond acceptors (Lipinski definition) is 4. The number of fused-ring (bicyclic) bond motifs is 1. The monoisotopic (exact) mass is 366 g/mol. The molecule has 0 atom stereocenters. The Hall–Kier alpha value is -2.82. The van der Waals surface area contributed by atoms with Gasteiger partial charge < -0.3 is 14.4 Å². The molecule has 0 bridgehead atoms. The topological polar surface area (TPSA) is 63.8 Å². The summed E-state index contributed by atoms with van der Waals surface area (Å²) in [5.41, 5.74) is 3.81. The molecule has 0 aliphatic heterocycles. The highest BCUT2D eigenvalue weighted by Crippen LogP contribution is 2.42. The minimum absolute atomic E-state index is 0.0989. The zero-order valence-electron chi connectivity index (χ0n) is 16.2. The fraction of sp³-hybridized carbons (Fsp3) is 0.364. The molecule has 0 amide bonds. The molecule has 0 spiro atoms. The summed E-state index contributed by atoms with van der Waals surface area (Å²) in [6, 6.07) is 11.8. The molecule has 5 nitrogen and oxygen atoms in total. The van der Waals surface area contributed by atoms with Gasteiger partial charge in [0.15, 0.2) is 5.69 Å². The Morgan fingerprint density at radius 3 is 2.56 bits per heavy atom. The van der Waals surface area contributed by atoms with Gasteiger partial charge in [0.1, 0.15) is 5.75 Å². The number of nitrogens with zero attached hydrogens (tertiary/aromatic N) is 2. The third-order valence-electron chi connectivity index (χ3n) is 4.96. The second kappa shape index (κ2) is 8.25. The lowest BCUT2D eigenvalue weighted by Gasteiger charge is -2.14. The number of aryl methyl sites for hydroxylation is 2. The van der Waals surface area contributed by atoms with Crippen molar-refractivity contribution in [2.45, 2.75) is 46.6 Å². The van der Waals surface area contributed by atoms with Crippen LogP contribution in [0.4, 0.5) is 5.69 Å². The van der Waals surface area contributed by atoms with Crippen LogP contribution in [0.15, 0.2) is 41.6 Å². The van der Waals surface area contributed by atoms with Crippen molar-refractivity contribution in [3.8, 4) is 11.6 Å². The normalized spacial score (nSPS) is 11.1. The number of nitroso groups, excluding NO2 is 1. The van der Waals surface area contributed by atoms with E-state index in [4.69, 9.17) is 4.74 Å². The molecule has 1 heterocycles. The van der Waals surface area contributed by atoms with E-state index in [9.17, 15) is 10.0 Å². The van der Waals surface area contributed by atoms with E-state index in [2.05, 4.69) is 12.1 Å². The molecular weight excluding hydrogens is 340 g/mol. The van der Waals surface area contributed by atoms with Gasteiger partial charge in [0.25, 0.3) is 0 Å². The van der Waals surface area contributed by atoms with E-state index >= 15 is 0 Å². The van der Waals surface area contributed by atoms with E-state index in [-0.39, 0.29) is 11.6 Å². The number of unbranched alkanes of at least 4 members (excludes halogenated alkanes) is 2. The number of para-hydroxylation sites is 1. The molecular formula is C22H26N2O3. The predicted octanol–water partition coefficient (Wildman–Crippen LogP) is 5.98. The first kappa shape index (κ1) is 19.0. The van der Waals surface area contributed by atoms with E-state index in [1.807, 2.05) is 50.2 Å². The highest BCUT2D eigenvalue weighted by atomic mass is 16.5. The van der Waals surface area contributed by atoms with Crippen LogP contribution < -0.4 is 4.74 Å². The van der Waals surface area contributed by atoms with Crippen LogP contribution in [0.1, 0.15) is 42.9 Å². The summed E-state index contributed by atoms with van der Waals surface area (Å²) in [6.45, 7) is 7.13. The number of benzene rings is 2. The Kier molecular flexibility index (Phi) is 5.79. The zero-order chi connectivity index (χ0) is 19.4. The molecule has 5 heteroatoms. The van der Waals surface area contributed by atoms with Gasteiger partial charge in [-0.25, -0.2) is 0 Å². The van der Waals surface area contributed by atoms with Gasteiger partial charge in [0, 0.05) is 10.9 Å². The molecule has 0 radical (unpaired) electrons. The van der Waals surface area contributed by atoms with Crippen molar-refractivity contribution in [1.82, 2.24) is 4.57 Å². The molecule has 142 valence electrons. The van der Waals surface area contributed by atoms with Gasteiger partial charge in [-0.3, -0.25) is 0 Å². The Balaban J connectivity index is 2.02. The molecule has 0 aliphatic carbocycles. The lowest BCUT2D eigenvalue weighted by atomic mass is 10.1. The van der Waals surface area contributed by atoms with Crippen LogP contribution in [0.5, 0.6) is 11.6 Å². The van der Waals surface area contributed by atoms with Crippen molar-refractivity contribution in [1.29, 1.82) is 0 Å². The minimum Gasteiger partial charge on any atom is -0.493 e. The maximum absolute atomic E-state index is 11.4. The maximum atomic E-state index is 11.4. The molecule has 3 aromatic rings. The molecule has 0 saturated heterocycles. The largest absolute Gasteiger partial charge is 0.493 e. The van der Waals surface area contributed by atoms with Crippen LogP contribution in [0.25, 0.3) is 10.9 Å². The van der Waals surface area contributed by atoms with Gasteiger partial charge in [-0.2, -0.15) is 0 Å². The first-order valence-electron chi connectivity index (χ1n) is 9.43. The summed E-state index contributed by atoms with van der Waals surface area (Å²) < 4.78 is 7.72. The van der Waals surface area contributed by atoms with Gasteiger partial charge in [0.05, 0.1) is 18.7 Å². The average molecular weight is 366 g/mol. The van der Waals surface area contributed by atoms with E-state index < -0.39 is 0 Å². The number of aromatic nitrogens is 1. The number of rotatable bonds is 8. The van der Waals surface area contributed by atoms with Gasteiger partial charge in [-0.1, -0.05) is 50.1 Å². The lowest BCUT2D eigenvalue weighted by Crippen LogP contribution is -2.05. The fourth-order valence-electron chi connectivity index (χ4n) is 3.51. The van der Waals surface area contributed by atoms with Crippen molar-refractivity contribution in [2.75, 3.05) is 6.61 Å². The molecule has 2 aromatic carbocycles. The van der Waals surface area contributed by atoms with Crippen molar-refractivity contribution >= 4 is 16.6 Å². The fourth-order valence-corrected chi connectivity index (χ4v) is 3.51. The van der Waals surface area contributed by atoms with Crippen LogP contribution in [-0.2, 0) is 6.54 Å². The van der Waals surface area contributed by atoms with Crippen LogP contribution in [0.3, 0.4) is 0 Å². The predicted molar refractivity (Wildman–Crippen MR) is 109 cm³/mol. The first-order chi connectivity index (χ1) is 13.1. The molecule has 1 N–H and O–H groups in total. The molecule has 0 saturated carbocycles. The van der Waals surface area contributed by atoms with Gasteiger partial charge in [0.2, 0.25) is 5.88 Å². The first-order valence-corrected chi connectivity index (χ1v) is 9.43. The summed E-state index contributed by atoms with van der Waals surface area (Å²) in [5, 5.41) is 14.5. The summed E-state index contributed by atoms with van der Waals surface area (Å²) in [5.74, 6) is 0.707. The smallest absolute Gasteiger partial charge is 0.222 e. The van der Waals surface area contributed by atoms with Crippen molar-refractivity contribution < 1.29 is 9.84 Å². The van der Waals surface area contributed by atoms with Crippen LogP contribution in [0, 0.1) is 18.8 Å². The molecule has 1 aromatic heterocycles. The molecule has 0 unspecified atom stereocenters. The van der Waals surface area contributed by atoms with Crippen LogP contribution in [0.2, 0.25) is 0 Å². The van der Waals surface area contributed by atoms with Gasteiger partial charge in [-0.15, -0.1) is 4.91 Å². The second-order valence-electron chi connectivity index (χ2n) is 6.94. The SMILES string of the molecule is CCCCCOc1ccccc1Cn1c(O)c(N=O)c2c(C)ccc(C)c21. The minimum atomic E-state index is -0.0989. The Labute approximate surface area is 159 Å². The molecule has 0 fully saturated rings. The van der Waals surface area contributed by atoms with Crippen molar-refractivity contribution in [3.05, 3.63) is 58.0 Å². The number of ether oxygens (including phenoxy) is 1. The van der Waals surface area contributed by atoms with E-state index in [1.54, 1.807) is 4.57 Å². The van der Waals surface area contributed by atoms with E-state index in [0.717, 1.165) is 47.2 Å². The molecule has 0 aliphatic rings. The van der Waals surface area contributed by atoms with E-state index in [1.165, 1.54) is 0 Å². The number of hydrogen-bond donors (Lipinski definition) is 1. The Morgan fingerprint density at radius 2 is 1.81 bits per heavy atom.